The van der Waals surface area contributed by atoms with E-state index in [0.717, 1.165) is 25.7 Å². The van der Waals surface area contributed by atoms with Crippen LogP contribution >= 0.6 is 0 Å². The lowest BCUT2D eigenvalue weighted by Gasteiger charge is -2.45. The summed E-state index contributed by atoms with van der Waals surface area (Å²) in [7, 11) is 0. The van der Waals surface area contributed by atoms with Gasteiger partial charge in [-0.15, -0.1) is 0 Å². The van der Waals surface area contributed by atoms with E-state index in [9.17, 15) is 9.90 Å². The first-order valence-electron chi connectivity index (χ1n) is 14.0. The van der Waals surface area contributed by atoms with Crippen molar-refractivity contribution in [2.45, 2.75) is 96.3 Å². The zero-order chi connectivity index (χ0) is 23.6. The molecule has 1 N–H and O–H groups in total. The molecule has 0 aromatic heterocycles. The molecule has 2 aliphatic carbocycles. The maximum Gasteiger partial charge on any atom is 0.307 e. The Labute approximate surface area is 207 Å². The Hall–Kier alpha value is -2.09. The minimum absolute atomic E-state index is 0.137. The van der Waals surface area contributed by atoms with Gasteiger partial charge in [-0.25, -0.2) is 0 Å². The molecule has 0 aliphatic heterocycles. The topological polar surface area (TPSA) is 37.3 Å². The molecule has 4 rings (SSSR count). The fourth-order valence-electron chi connectivity index (χ4n) is 7.13. The molecule has 0 saturated heterocycles. The van der Waals surface area contributed by atoms with E-state index in [4.69, 9.17) is 0 Å². The van der Waals surface area contributed by atoms with Crippen LogP contribution in [-0.4, -0.2) is 11.1 Å². The molecule has 2 nitrogen and oxygen atoms in total. The highest BCUT2D eigenvalue weighted by molar-refractivity contribution is 5.71. The standard InChI is InChI=1S/C32H44O2/c33-31(34)30(23-27-15-7-2-8-16-27)32(24-28-17-9-3-10-18-28,25-29-19-11-4-12-20-29)22-21-26-13-5-1-6-14-26/h1-2,5-8,13-16,28-30H,3-4,9-12,17-25H2,(H,33,34). The number of carboxylic acid groups (broad SMARTS) is 1. The molecular weight excluding hydrogens is 416 g/mol. The molecule has 2 aromatic rings. The summed E-state index contributed by atoms with van der Waals surface area (Å²) >= 11 is 0. The van der Waals surface area contributed by atoms with Gasteiger partial charge in [-0.05, 0) is 60.5 Å². The second-order valence-corrected chi connectivity index (χ2v) is 11.3. The van der Waals surface area contributed by atoms with Crippen molar-refractivity contribution in [3.05, 3.63) is 71.8 Å². The number of aryl methyl sites for hydroxylation is 1. The monoisotopic (exact) mass is 460 g/mol. The van der Waals surface area contributed by atoms with E-state index >= 15 is 0 Å². The summed E-state index contributed by atoms with van der Waals surface area (Å²) in [6, 6.07) is 21.2. The second-order valence-electron chi connectivity index (χ2n) is 11.3. The van der Waals surface area contributed by atoms with Crippen LogP contribution in [0.5, 0.6) is 0 Å². The van der Waals surface area contributed by atoms with Gasteiger partial charge in [0.05, 0.1) is 5.92 Å². The van der Waals surface area contributed by atoms with Crippen molar-refractivity contribution in [3.8, 4) is 0 Å². The Morgan fingerprint density at radius 2 is 1.21 bits per heavy atom. The van der Waals surface area contributed by atoms with E-state index in [0.29, 0.717) is 18.3 Å². The summed E-state index contributed by atoms with van der Waals surface area (Å²) in [6.07, 6.45) is 18.0. The Morgan fingerprint density at radius 1 is 0.735 bits per heavy atom. The van der Waals surface area contributed by atoms with Gasteiger partial charge in [0.2, 0.25) is 0 Å². The molecule has 0 amide bonds. The fraction of sp³-hybridized carbons (Fsp3) is 0.594. The highest BCUT2D eigenvalue weighted by Crippen LogP contribution is 2.50. The molecule has 184 valence electrons. The van der Waals surface area contributed by atoms with E-state index in [2.05, 4.69) is 54.6 Å². The van der Waals surface area contributed by atoms with Crippen molar-refractivity contribution in [1.82, 2.24) is 0 Å². The molecule has 2 aromatic carbocycles. The van der Waals surface area contributed by atoms with Crippen molar-refractivity contribution in [2.24, 2.45) is 23.2 Å². The maximum atomic E-state index is 13.0. The molecule has 1 atom stereocenters. The van der Waals surface area contributed by atoms with Gasteiger partial charge in [0.25, 0.3) is 0 Å². The van der Waals surface area contributed by atoms with Crippen LogP contribution in [0.25, 0.3) is 0 Å². The van der Waals surface area contributed by atoms with Gasteiger partial charge in [0.1, 0.15) is 0 Å². The van der Waals surface area contributed by atoms with E-state index in [1.165, 1.54) is 75.3 Å². The van der Waals surface area contributed by atoms with Crippen LogP contribution in [0.15, 0.2) is 60.7 Å². The van der Waals surface area contributed by atoms with Gasteiger partial charge >= 0.3 is 5.97 Å². The second kappa shape index (κ2) is 12.6. The maximum absolute atomic E-state index is 13.0. The highest BCUT2D eigenvalue weighted by Gasteiger charge is 2.45. The van der Waals surface area contributed by atoms with Crippen LogP contribution in [0.4, 0.5) is 0 Å². The van der Waals surface area contributed by atoms with Crippen LogP contribution in [-0.2, 0) is 17.6 Å². The number of hydrogen-bond acceptors (Lipinski definition) is 1. The number of carbonyl (C=O) groups is 1. The third kappa shape index (κ3) is 6.96. The van der Waals surface area contributed by atoms with E-state index in [1.807, 2.05) is 6.07 Å². The number of rotatable bonds is 11. The molecule has 0 bridgehead atoms. The zero-order valence-electron chi connectivity index (χ0n) is 21.0. The van der Waals surface area contributed by atoms with Crippen LogP contribution in [0.1, 0.15) is 94.6 Å². The third-order valence-corrected chi connectivity index (χ3v) is 8.91. The molecule has 34 heavy (non-hydrogen) atoms. The van der Waals surface area contributed by atoms with E-state index in [-0.39, 0.29) is 11.3 Å². The van der Waals surface area contributed by atoms with Gasteiger partial charge in [-0.3, -0.25) is 4.79 Å². The molecule has 0 spiro atoms. The van der Waals surface area contributed by atoms with Crippen molar-refractivity contribution in [3.63, 3.8) is 0 Å². The molecule has 0 heterocycles. The average molecular weight is 461 g/mol. The first kappa shape index (κ1) is 25.0. The predicted octanol–water partition coefficient (Wildman–Crippen LogP) is 8.49. The van der Waals surface area contributed by atoms with Crippen LogP contribution in [0.3, 0.4) is 0 Å². The summed E-state index contributed by atoms with van der Waals surface area (Å²) in [6.45, 7) is 0. The van der Waals surface area contributed by atoms with Crippen LogP contribution in [0.2, 0.25) is 0 Å². The summed E-state index contributed by atoms with van der Waals surface area (Å²) in [5.74, 6) is 0.475. The lowest BCUT2D eigenvalue weighted by molar-refractivity contribution is -0.149. The molecule has 0 radical (unpaired) electrons. The van der Waals surface area contributed by atoms with Gasteiger partial charge in [-0.1, -0.05) is 125 Å². The number of aliphatic carboxylic acids is 1. The lowest BCUT2D eigenvalue weighted by Crippen LogP contribution is -2.41. The van der Waals surface area contributed by atoms with Crippen LogP contribution < -0.4 is 0 Å². The summed E-state index contributed by atoms with van der Waals surface area (Å²) < 4.78 is 0. The van der Waals surface area contributed by atoms with Gasteiger partial charge in [-0.2, -0.15) is 0 Å². The SMILES string of the molecule is O=C(O)C(Cc1ccccc1)C(CCc1ccccc1)(CC1CCCCC1)CC1CCCCC1. The third-order valence-electron chi connectivity index (χ3n) is 8.91. The normalized spacial score (nSPS) is 19.1. The first-order chi connectivity index (χ1) is 16.6. The fourth-order valence-corrected chi connectivity index (χ4v) is 7.13. The predicted molar refractivity (Wildman–Crippen MR) is 141 cm³/mol. The van der Waals surface area contributed by atoms with E-state index in [1.54, 1.807) is 0 Å². The van der Waals surface area contributed by atoms with E-state index < -0.39 is 5.97 Å². The Morgan fingerprint density at radius 3 is 1.68 bits per heavy atom. The quantitative estimate of drug-likeness (QED) is 0.365. The Balaban J connectivity index is 1.68. The molecule has 2 aliphatic rings. The smallest absolute Gasteiger partial charge is 0.307 e. The van der Waals surface area contributed by atoms with Crippen molar-refractivity contribution >= 4 is 5.97 Å². The molecule has 2 heteroatoms. The summed E-state index contributed by atoms with van der Waals surface area (Å²) in [5.41, 5.74) is 2.39. The Kier molecular flexibility index (Phi) is 9.25. The zero-order valence-corrected chi connectivity index (χ0v) is 21.0. The van der Waals surface area contributed by atoms with Crippen molar-refractivity contribution < 1.29 is 9.90 Å². The molecular formula is C32H44O2. The summed E-state index contributed by atoms with van der Waals surface area (Å²) in [4.78, 5) is 13.0. The van der Waals surface area contributed by atoms with Crippen LogP contribution in [0, 0.1) is 23.2 Å². The first-order valence-corrected chi connectivity index (χ1v) is 14.0. The lowest BCUT2D eigenvalue weighted by atomic mass is 9.59. The largest absolute Gasteiger partial charge is 0.481 e. The molecule has 1 unspecified atom stereocenters. The number of hydrogen-bond donors (Lipinski definition) is 1. The molecule has 2 fully saturated rings. The summed E-state index contributed by atoms with van der Waals surface area (Å²) in [5, 5.41) is 10.7. The van der Waals surface area contributed by atoms with Crippen molar-refractivity contribution in [2.75, 3.05) is 0 Å². The minimum Gasteiger partial charge on any atom is -0.481 e. The minimum atomic E-state index is -0.580. The number of benzene rings is 2. The Bertz CT molecular complexity index is 827. The number of carboxylic acids is 1. The van der Waals surface area contributed by atoms with Gasteiger partial charge in [0, 0.05) is 0 Å². The molecule has 2 saturated carbocycles. The highest BCUT2D eigenvalue weighted by atomic mass is 16.4. The van der Waals surface area contributed by atoms with Crippen molar-refractivity contribution in [1.29, 1.82) is 0 Å². The van der Waals surface area contributed by atoms with Gasteiger partial charge in [0.15, 0.2) is 0 Å². The van der Waals surface area contributed by atoms with Gasteiger partial charge < -0.3 is 5.11 Å². The average Bonchev–Trinajstić information content (AvgIpc) is 2.88.